The van der Waals surface area contributed by atoms with Crippen molar-refractivity contribution in [1.29, 1.82) is 0 Å². The minimum absolute atomic E-state index is 0.437. The molecule has 0 aromatic heterocycles. The Kier molecular flexibility index (Phi) is 3.49. The molecule has 16 heavy (non-hydrogen) atoms. The lowest BCUT2D eigenvalue weighted by molar-refractivity contribution is 0.186. The second-order valence-corrected chi connectivity index (χ2v) is 5.11. The van der Waals surface area contributed by atoms with E-state index in [1.165, 1.54) is 5.56 Å². The van der Waals surface area contributed by atoms with Gasteiger partial charge in [-0.1, -0.05) is 39.0 Å². The second-order valence-electron chi connectivity index (χ2n) is 5.11. The van der Waals surface area contributed by atoms with Gasteiger partial charge in [-0.25, -0.2) is 0 Å². The van der Waals surface area contributed by atoms with Crippen molar-refractivity contribution in [2.24, 2.45) is 11.8 Å². The lowest BCUT2D eigenvalue weighted by Crippen LogP contribution is -2.35. The smallest absolute Gasteiger partial charge is 0.124 e. The summed E-state index contributed by atoms with van der Waals surface area (Å²) in [6.07, 6.45) is 0. The van der Waals surface area contributed by atoms with Gasteiger partial charge < -0.3 is 10.1 Å². The van der Waals surface area contributed by atoms with Gasteiger partial charge in [0.15, 0.2) is 0 Å². The molecule has 0 bridgehead atoms. The number of hydrogen-bond donors (Lipinski definition) is 1. The van der Waals surface area contributed by atoms with E-state index in [0.29, 0.717) is 17.9 Å². The van der Waals surface area contributed by atoms with Crippen molar-refractivity contribution >= 4 is 0 Å². The van der Waals surface area contributed by atoms with Gasteiger partial charge in [-0.2, -0.15) is 0 Å². The van der Waals surface area contributed by atoms with Gasteiger partial charge in [-0.3, -0.25) is 0 Å². The van der Waals surface area contributed by atoms with Crippen LogP contribution in [0.5, 0.6) is 5.75 Å². The fourth-order valence-electron chi connectivity index (χ4n) is 2.17. The molecule has 0 fully saturated rings. The summed E-state index contributed by atoms with van der Waals surface area (Å²) < 4.78 is 5.73. The van der Waals surface area contributed by atoms with E-state index in [9.17, 15) is 0 Å². The maximum atomic E-state index is 5.73. The van der Waals surface area contributed by atoms with Gasteiger partial charge >= 0.3 is 0 Å². The van der Waals surface area contributed by atoms with E-state index < -0.39 is 0 Å². The molecule has 1 heterocycles. The summed E-state index contributed by atoms with van der Waals surface area (Å²) >= 11 is 0. The lowest BCUT2D eigenvalue weighted by Gasteiger charge is -2.32. The van der Waals surface area contributed by atoms with Crippen LogP contribution in [0.4, 0.5) is 0 Å². The maximum absolute atomic E-state index is 5.73. The average molecular weight is 219 g/mol. The SMILES string of the molecule is CC(C)CNC1c2ccccc2OCC1C. The van der Waals surface area contributed by atoms with Gasteiger partial charge in [-0.05, 0) is 18.5 Å². The quantitative estimate of drug-likeness (QED) is 0.843. The third-order valence-electron chi connectivity index (χ3n) is 3.07. The molecule has 2 rings (SSSR count). The molecule has 0 saturated carbocycles. The number of hydrogen-bond acceptors (Lipinski definition) is 2. The zero-order chi connectivity index (χ0) is 11.5. The van der Waals surface area contributed by atoms with Crippen LogP contribution in [-0.4, -0.2) is 13.2 Å². The number of para-hydroxylation sites is 1. The first-order valence-corrected chi connectivity index (χ1v) is 6.13. The number of ether oxygens (including phenoxy) is 1. The molecule has 2 unspecified atom stereocenters. The van der Waals surface area contributed by atoms with E-state index in [1.807, 2.05) is 6.07 Å². The molecule has 0 spiro atoms. The van der Waals surface area contributed by atoms with Gasteiger partial charge in [0.25, 0.3) is 0 Å². The molecular formula is C14H21NO. The summed E-state index contributed by atoms with van der Waals surface area (Å²) in [5.41, 5.74) is 1.31. The van der Waals surface area contributed by atoms with Crippen molar-refractivity contribution in [3.05, 3.63) is 29.8 Å². The highest BCUT2D eigenvalue weighted by molar-refractivity contribution is 5.37. The molecule has 0 saturated heterocycles. The second kappa shape index (κ2) is 4.88. The van der Waals surface area contributed by atoms with Crippen molar-refractivity contribution in [2.45, 2.75) is 26.8 Å². The predicted molar refractivity (Wildman–Crippen MR) is 66.7 cm³/mol. The van der Waals surface area contributed by atoms with E-state index in [2.05, 4.69) is 44.3 Å². The molecule has 2 atom stereocenters. The highest BCUT2D eigenvalue weighted by atomic mass is 16.5. The zero-order valence-corrected chi connectivity index (χ0v) is 10.4. The Morgan fingerprint density at radius 2 is 2.12 bits per heavy atom. The molecule has 1 aromatic rings. The fourth-order valence-corrected chi connectivity index (χ4v) is 2.17. The van der Waals surface area contributed by atoms with Crippen LogP contribution in [0.2, 0.25) is 0 Å². The first-order chi connectivity index (χ1) is 7.68. The monoisotopic (exact) mass is 219 g/mol. The molecule has 0 amide bonds. The van der Waals surface area contributed by atoms with E-state index in [-0.39, 0.29) is 0 Å². The number of nitrogens with one attached hydrogen (secondary N) is 1. The largest absolute Gasteiger partial charge is 0.493 e. The standard InChI is InChI=1S/C14H21NO/c1-10(2)8-15-14-11(3)9-16-13-7-5-4-6-12(13)14/h4-7,10-11,14-15H,8-9H2,1-3H3. The normalized spacial score (nSPS) is 24.0. The van der Waals surface area contributed by atoms with Crippen LogP contribution in [0.25, 0.3) is 0 Å². The van der Waals surface area contributed by atoms with Crippen LogP contribution in [0.3, 0.4) is 0 Å². The van der Waals surface area contributed by atoms with Gasteiger partial charge in [0.2, 0.25) is 0 Å². The van der Waals surface area contributed by atoms with Gasteiger partial charge in [0.05, 0.1) is 6.61 Å². The molecule has 2 nitrogen and oxygen atoms in total. The van der Waals surface area contributed by atoms with Crippen LogP contribution in [-0.2, 0) is 0 Å². The van der Waals surface area contributed by atoms with E-state index in [4.69, 9.17) is 4.74 Å². The van der Waals surface area contributed by atoms with Gasteiger partial charge in [-0.15, -0.1) is 0 Å². The zero-order valence-electron chi connectivity index (χ0n) is 10.4. The highest BCUT2D eigenvalue weighted by Gasteiger charge is 2.26. The van der Waals surface area contributed by atoms with E-state index in [1.54, 1.807) is 0 Å². The van der Waals surface area contributed by atoms with Gasteiger partial charge in [0, 0.05) is 17.5 Å². The maximum Gasteiger partial charge on any atom is 0.124 e. The summed E-state index contributed by atoms with van der Waals surface area (Å²) in [5, 5.41) is 3.65. The van der Waals surface area contributed by atoms with Crippen LogP contribution < -0.4 is 10.1 Å². The number of benzene rings is 1. The highest BCUT2D eigenvalue weighted by Crippen LogP contribution is 2.34. The van der Waals surface area contributed by atoms with Crippen molar-refractivity contribution in [3.8, 4) is 5.75 Å². The minimum atomic E-state index is 0.437. The predicted octanol–water partition coefficient (Wildman–Crippen LogP) is 3.00. The fraction of sp³-hybridized carbons (Fsp3) is 0.571. The van der Waals surface area contributed by atoms with Crippen LogP contribution in [0.15, 0.2) is 24.3 Å². The molecule has 0 aliphatic carbocycles. The first kappa shape index (κ1) is 11.5. The third-order valence-corrected chi connectivity index (χ3v) is 3.07. The molecule has 0 radical (unpaired) electrons. The van der Waals surface area contributed by atoms with E-state index in [0.717, 1.165) is 18.9 Å². The van der Waals surface area contributed by atoms with E-state index >= 15 is 0 Å². The van der Waals surface area contributed by atoms with Crippen LogP contribution in [0.1, 0.15) is 32.4 Å². The van der Waals surface area contributed by atoms with Crippen molar-refractivity contribution in [3.63, 3.8) is 0 Å². The molecule has 1 N–H and O–H groups in total. The Bertz CT molecular complexity index is 348. The Balaban J connectivity index is 2.16. The summed E-state index contributed by atoms with van der Waals surface area (Å²) in [4.78, 5) is 0. The Hall–Kier alpha value is -1.02. The number of rotatable bonds is 3. The van der Waals surface area contributed by atoms with Crippen LogP contribution >= 0.6 is 0 Å². The van der Waals surface area contributed by atoms with Gasteiger partial charge in [0.1, 0.15) is 5.75 Å². The third kappa shape index (κ3) is 2.38. The Labute approximate surface area is 98.0 Å². The molecule has 1 aromatic carbocycles. The first-order valence-electron chi connectivity index (χ1n) is 6.13. The molecule has 88 valence electrons. The molecule has 2 heteroatoms. The summed E-state index contributed by atoms with van der Waals surface area (Å²) in [6, 6.07) is 8.79. The minimum Gasteiger partial charge on any atom is -0.493 e. The topological polar surface area (TPSA) is 21.3 Å². The summed E-state index contributed by atoms with van der Waals surface area (Å²) in [5.74, 6) is 2.26. The summed E-state index contributed by atoms with van der Waals surface area (Å²) in [7, 11) is 0. The summed E-state index contributed by atoms with van der Waals surface area (Å²) in [6.45, 7) is 8.59. The van der Waals surface area contributed by atoms with Crippen molar-refractivity contribution in [2.75, 3.05) is 13.2 Å². The molecular weight excluding hydrogens is 198 g/mol. The number of fused-ring (bicyclic) bond motifs is 1. The Morgan fingerprint density at radius 3 is 2.88 bits per heavy atom. The Morgan fingerprint density at radius 1 is 1.38 bits per heavy atom. The van der Waals surface area contributed by atoms with Crippen molar-refractivity contribution in [1.82, 2.24) is 5.32 Å². The molecule has 1 aliphatic rings. The van der Waals surface area contributed by atoms with Crippen LogP contribution in [0, 0.1) is 11.8 Å². The lowest BCUT2D eigenvalue weighted by atomic mass is 9.92. The average Bonchev–Trinajstić information content (AvgIpc) is 2.27. The van der Waals surface area contributed by atoms with Crippen molar-refractivity contribution < 1.29 is 4.74 Å². The molecule has 1 aliphatic heterocycles.